The third kappa shape index (κ3) is 10.7. The van der Waals surface area contributed by atoms with Crippen LogP contribution < -0.4 is 4.74 Å². The van der Waals surface area contributed by atoms with E-state index in [-0.39, 0.29) is 5.88 Å². The van der Waals surface area contributed by atoms with Crippen molar-refractivity contribution in [2.45, 2.75) is 43.4 Å². The molecule has 0 unspecified atom stereocenters. The van der Waals surface area contributed by atoms with Gasteiger partial charge < -0.3 is 9.57 Å². The topological polar surface area (TPSA) is 60.8 Å². The Morgan fingerprint density at radius 1 is 1.26 bits per heavy atom. The number of ether oxygens (including phenoxy) is 1. The molecule has 0 aliphatic heterocycles. The van der Waals surface area contributed by atoms with Crippen molar-refractivity contribution in [2.75, 3.05) is 6.61 Å². The van der Waals surface area contributed by atoms with Crippen LogP contribution in [0.2, 0.25) is 5.02 Å². The quantitative estimate of drug-likeness (QED) is 0.190. The van der Waals surface area contributed by atoms with E-state index in [1.807, 2.05) is 30.3 Å². The van der Waals surface area contributed by atoms with Crippen molar-refractivity contribution in [3.63, 3.8) is 0 Å². The molecule has 1 aromatic heterocycles. The minimum atomic E-state index is -2.90. The number of unbranched alkanes of at least 4 members (excludes halogenated alkanes) is 2. The van der Waals surface area contributed by atoms with Gasteiger partial charge in [-0.3, -0.25) is 0 Å². The van der Waals surface area contributed by atoms with Crippen molar-refractivity contribution in [1.29, 1.82) is 0 Å². The van der Waals surface area contributed by atoms with Crippen LogP contribution in [0.1, 0.15) is 31.7 Å². The summed E-state index contributed by atoms with van der Waals surface area (Å²) in [6.45, 7) is -0.337. The Kier molecular flexibility index (Phi) is 12.1. The van der Waals surface area contributed by atoms with Gasteiger partial charge in [0.1, 0.15) is 6.61 Å². The van der Waals surface area contributed by atoms with Gasteiger partial charge in [-0.05, 0) is 18.1 Å². The Morgan fingerprint density at radius 2 is 2.00 bits per heavy atom. The van der Waals surface area contributed by atoms with Crippen LogP contribution in [0.3, 0.4) is 0 Å². The van der Waals surface area contributed by atoms with Gasteiger partial charge in [-0.1, -0.05) is 61.7 Å². The molecule has 0 radical (unpaired) electrons. The Balaban J connectivity index is 0.000000387. The maximum absolute atomic E-state index is 12.3. The molecule has 27 heavy (non-hydrogen) atoms. The van der Waals surface area contributed by atoms with Crippen LogP contribution in [0.4, 0.5) is 8.78 Å². The molecule has 2 rings (SSSR count). The smallest absolute Gasteiger partial charge is 0.388 e. The number of rotatable bonds is 10. The highest BCUT2D eigenvalue weighted by molar-refractivity contribution is 7.98. The fourth-order valence-electron chi connectivity index (χ4n) is 1.87. The second-order valence-electron chi connectivity index (χ2n) is 5.22. The van der Waals surface area contributed by atoms with Crippen LogP contribution >= 0.6 is 23.4 Å². The van der Waals surface area contributed by atoms with E-state index < -0.39 is 6.61 Å². The lowest BCUT2D eigenvalue weighted by Gasteiger charge is -2.09. The van der Waals surface area contributed by atoms with Crippen molar-refractivity contribution in [3.05, 3.63) is 58.1 Å². The second kappa shape index (κ2) is 14.2. The van der Waals surface area contributed by atoms with E-state index in [9.17, 15) is 13.7 Å². The van der Waals surface area contributed by atoms with Crippen molar-refractivity contribution >= 4 is 23.4 Å². The van der Waals surface area contributed by atoms with Crippen molar-refractivity contribution in [2.24, 2.45) is 5.34 Å². The molecular formula is C18H21ClF2N2O3S. The van der Waals surface area contributed by atoms with Crippen LogP contribution in [0.25, 0.3) is 0 Å². The molecule has 2 aromatic rings. The minimum Gasteiger partial charge on any atom is -0.416 e. The molecule has 0 aliphatic carbocycles. The van der Waals surface area contributed by atoms with E-state index >= 15 is 0 Å². The number of hydrogen-bond acceptors (Lipinski definition) is 6. The third-order valence-electron chi connectivity index (χ3n) is 3.11. The Bertz CT molecular complexity index is 666. The van der Waals surface area contributed by atoms with Crippen LogP contribution in [0.5, 0.6) is 5.88 Å². The Labute approximate surface area is 166 Å². The molecule has 0 spiro atoms. The van der Waals surface area contributed by atoms with Gasteiger partial charge in [-0.25, -0.2) is 4.98 Å². The number of alkyl halides is 2. The number of benzene rings is 1. The number of nitrogens with zero attached hydrogens (tertiary/aromatic N) is 2. The highest BCUT2D eigenvalue weighted by Crippen LogP contribution is 2.32. The first kappa shape index (κ1) is 23.1. The SMILES string of the molecule is CCCCCON=O.FC(F)Oc1ncc(Cl)cc1SCc1ccccc1. The lowest BCUT2D eigenvalue weighted by molar-refractivity contribution is -0.0548. The fourth-order valence-corrected chi connectivity index (χ4v) is 3.05. The Morgan fingerprint density at radius 3 is 2.63 bits per heavy atom. The predicted octanol–water partition coefficient (Wildman–Crippen LogP) is 6.50. The van der Waals surface area contributed by atoms with Crippen LogP contribution in [-0.2, 0) is 10.6 Å². The average Bonchev–Trinajstić information content (AvgIpc) is 2.66. The van der Waals surface area contributed by atoms with Gasteiger partial charge in [0.05, 0.1) is 9.92 Å². The molecule has 0 N–H and O–H groups in total. The summed E-state index contributed by atoms with van der Waals surface area (Å²) in [7, 11) is 0. The fraction of sp³-hybridized carbons (Fsp3) is 0.389. The predicted molar refractivity (Wildman–Crippen MR) is 103 cm³/mol. The molecule has 0 saturated heterocycles. The molecule has 0 fully saturated rings. The number of hydrogen-bond donors (Lipinski definition) is 0. The third-order valence-corrected chi connectivity index (χ3v) is 4.40. The largest absolute Gasteiger partial charge is 0.416 e. The number of thioether (sulfide) groups is 1. The Hall–Kier alpha value is -1.93. The highest BCUT2D eigenvalue weighted by atomic mass is 35.5. The van der Waals surface area contributed by atoms with Crippen molar-refractivity contribution in [3.8, 4) is 5.88 Å². The normalized spacial score (nSPS) is 10.1. The van der Waals surface area contributed by atoms with Gasteiger partial charge in [0, 0.05) is 11.9 Å². The lowest BCUT2D eigenvalue weighted by atomic mass is 10.2. The standard InChI is InChI=1S/C13H10ClF2NOS.C5H11NO2/c14-10-6-11(12(17-7-10)18-13(15)16)19-8-9-4-2-1-3-5-9;1-2-3-4-5-8-6-7/h1-7,13H,8H2;2-5H2,1H3. The average molecular weight is 419 g/mol. The van der Waals surface area contributed by atoms with Crippen LogP contribution in [0, 0.1) is 4.91 Å². The van der Waals surface area contributed by atoms with E-state index in [0.717, 1.165) is 24.8 Å². The summed E-state index contributed by atoms with van der Waals surface area (Å²) in [4.78, 5) is 17.8. The molecule has 1 aromatic carbocycles. The van der Waals surface area contributed by atoms with Gasteiger partial charge in [0.25, 0.3) is 0 Å². The van der Waals surface area contributed by atoms with Crippen molar-refractivity contribution in [1.82, 2.24) is 4.98 Å². The molecule has 148 valence electrons. The van der Waals surface area contributed by atoms with Gasteiger partial charge in [-0.2, -0.15) is 8.78 Å². The zero-order chi connectivity index (χ0) is 19.9. The van der Waals surface area contributed by atoms with E-state index in [4.69, 9.17) is 11.6 Å². The molecule has 9 heteroatoms. The summed E-state index contributed by atoms with van der Waals surface area (Å²) >= 11 is 7.17. The molecule has 0 aliphatic rings. The van der Waals surface area contributed by atoms with Gasteiger partial charge in [0.2, 0.25) is 5.88 Å². The van der Waals surface area contributed by atoms with E-state index in [2.05, 4.69) is 26.8 Å². The minimum absolute atomic E-state index is 0.0969. The van der Waals surface area contributed by atoms with Crippen LogP contribution in [-0.4, -0.2) is 18.2 Å². The summed E-state index contributed by atoms with van der Waals surface area (Å²) in [5.41, 5.74) is 1.08. The summed E-state index contributed by atoms with van der Waals surface area (Å²) in [5.74, 6) is 0.531. The lowest BCUT2D eigenvalue weighted by Crippen LogP contribution is -2.04. The molecule has 0 amide bonds. The van der Waals surface area contributed by atoms with E-state index in [1.54, 1.807) is 6.07 Å². The summed E-state index contributed by atoms with van der Waals surface area (Å²) < 4.78 is 28.9. The molecule has 0 bridgehead atoms. The summed E-state index contributed by atoms with van der Waals surface area (Å²) in [6.07, 6.45) is 4.46. The van der Waals surface area contributed by atoms with E-state index in [1.165, 1.54) is 18.0 Å². The number of pyridine rings is 1. The second-order valence-corrected chi connectivity index (χ2v) is 6.68. The number of aromatic nitrogens is 1. The van der Waals surface area contributed by atoms with Crippen molar-refractivity contribution < 1.29 is 18.4 Å². The highest BCUT2D eigenvalue weighted by Gasteiger charge is 2.12. The summed E-state index contributed by atoms with van der Waals surface area (Å²) in [5, 5.41) is 2.64. The van der Waals surface area contributed by atoms with Gasteiger partial charge in [-0.15, -0.1) is 16.7 Å². The number of halogens is 3. The first-order valence-electron chi connectivity index (χ1n) is 8.28. The molecular weight excluding hydrogens is 398 g/mol. The maximum atomic E-state index is 12.3. The monoisotopic (exact) mass is 418 g/mol. The summed E-state index contributed by atoms with van der Waals surface area (Å²) in [6, 6.07) is 11.2. The van der Waals surface area contributed by atoms with Gasteiger partial charge in [0.15, 0.2) is 5.34 Å². The first-order chi connectivity index (χ1) is 13.1. The van der Waals surface area contributed by atoms with Crippen LogP contribution in [0.15, 0.2) is 52.8 Å². The van der Waals surface area contributed by atoms with Gasteiger partial charge >= 0.3 is 6.61 Å². The molecule has 0 saturated carbocycles. The molecule has 0 atom stereocenters. The first-order valence-corrected chi connectivity index (χ1v) is 9.64. The molecule has 5 nitrogen and oxygen atoms in total. The zero-order valence-corrected chi connectivity index (χ0v) is 16.4. The maximum Gasteiger partial charge on any atom is 0.388 e. The zero-order valence-electron chi connectivity index (χ0n) is 14.8. The van der Waals surface area contributed by atoms with E-state index in [0.29, 0.717) is 22.3 Å². The molecule has 1 heterocycles.